The van der Waals surface area contributed by atoms with Gasteiger partial charge in [0.25, 0.3) is 0 Å². The number of sulfone groups is 2. The monoisotopic (exact) mass is 448 g/mol. The molecule has 0 heterocycles. The molecule has 0 aliphatic heterocycles. The lowest BCUT2D eigenvalue weighted by Crippen LogP contribution is -2.47. The first-order valence-electron chi connectivity index (χ1n) is 3.71. The van der Waals surface area contributed by atoms with E-state index in [-0.39, 0.29) is 4.83 Å². The minimum Gasteiger partial charge on any atom is -0.228 e. The second-order valence-corrected chi connectivity index (χ2v) is 12.9. The minimum absolute atomic E-state index is 0.389. The van der Waals surface area contributed by atoms with Crippen molar-refractivity contribution in [1.29, 1.82) is 0 Å². The highest BCUT2D eigenvalue weighted by Gasteiger charge is 2.50. The van der Waals surface area contributed by atoms with Gasteiger partial charge in [-0.25, -0.2) is 16.8 Å². The Kier molecular flexibility index (Phi) is 5.35. The summed E-state index contributed by atoms with van der Waals surface area (Å²) in [5, 5.41) is 0. The van der Waals surface area contributed by atoms with Crippen LogP contribution in [0.1, 0.15) is 6.92 Å². The van der Waals surface area contributed by atoms with Crippen LogP contribution in [-0.2, 0) is 19.7 Å². The van der Waals surface area contributed by atoms with E-state index in [1.807, 2.05) is 0 Å². The van der Waals surface area contributed by atoms with Crippen LogP contribution < -0.4 is 0 Å². The van der Waals surface area contributed by atoms with Crippen molar-refractivity contribution in [2.45, 2.75) is 19.6 Å². The molecule has 0 rings (SSSR count). The number of alkyl halides is 3. The Hall–Kier alpha value is 1.34. The van der Waals surface area contributed by atoms with Crippen LogP contribution >= 0.6 is 47.8 Å². The van der Waals surface area contributed by atoms with Crippen LogP contribution in [0.15, 0.2) is 0 Å². The van der Waals surface area contributed by atoms with Gasteiger partial charge in [0.15, 0.2) is 24.3 Å². The van der Waals surface area contributed by atoms with E-state index >= 15 is 0 Å². The van der Waals surface area contributed by atoms with Crippen molar-refractivity contribution in [3.8, 4) is 0 Å². The van der Waals surface area contributed by atoms with Gasteiger partial charge in [-0.05, 0) is 0 Å². The van der Waals surface area contributed by atoms with Crippen LogP contribution in [0.4, 0.5) is 0 Å². The van der Waals surface area contributed by atoms with Crippen molar-refractivity contribution in [3.63, 3.8) is 0 Å². The third-order valence-electron chi connectivity index (χ3n) is 1.62. The lowest BCUT2D eigenvalue weighted by molar-refractivity contribution is 0.575. The Morgan fingerprint density at radius 1 is 1.00 bits per heavy atom. The molecule has 0 saturated heterocycles. The molecule has 0 aliphatic rings. The SMILES string of the molecule is CC(Br)C(Br)(Br)C(S(C)(=O)=O)S(C)(=O)=O. The number of hydrogen-bond donors (Lipinski definition) is 0. The highest BCUT2D eigenvalue weighted by Crippen LogP contribution is 2.42. The first kappa shape index (κ1) is 16.3. The standard InChI is InChI=1S/C6H11Br3O4S2/c1-4(7)6(8,9)5(14(2,10)11)15(3,12)13/h4-5H,1-3H3. The quantitative estimate of drug-likeness (QED) is 0.611. The lowest BCUT2D eigenvalue weighted by atomic mass is 10.4. The third kappa shape index (κ3) is 4.25. The van der Waals surface area contributed by atoms with E-state index in [2.05, 4.69) is 47.8 Å². The van der Waals surface area contributed by atoms with E-state index in [0.717, 1.165) is 12.5 Å². The summed E-state index contributed by atoms with van der Waals surface area (Å²) in [6.07, 6.45) is 1.79. The van der Waals surface area contributed by atoms with E-state index in [1.165, 1.54) is 0 Å². The summed E-state index contributed by atoms with van der Waals surface area (Å²) in [6.45, 7) is 1.65. The Morgan fingerprint density at radius 3 is 1.33 bits per heavy atom. The Labute approximate surface area is 115 Å². The van der Waals surface area contributed by atoms with Gasteiger partial charge in [-0.1, -0.05) is 54.7 Å². The molecule has 0 aliphatic carbocycles. The highest BCUT2D eigenvalue weighted by atomic mass is 79.9. The van der Waals surface area contributed by atoms with E-state index in [1.54, 1.807) is 6.92 Å². The van der Waals surface area contributed by atoms with Crippen molar-refractivity contribution < 1.29 is 16.8 Å². The molecule has 0 N–H and O–H groups in total. The average molecular weight is 451 g/mol. The van der Waals surface area contributed by atoms with Gasteiger partial charge < -0.3 is 0 Å². The fourth-order valence-electron chi connectivity index (χ4n) is 1.08. The minimum atomic E-state index is -3.74. The van der Waals surface area contributed by atoms with Gasteiger partial charge >= 0.3 is 0 Å². The fraction of sp³-hybridized carbons (Fsp3) is 1.00. The molecule has 9 heteroatoms. The molecule has 92 valence electrons. The third-order valence-corrected chi connectivity index (χ3v) is 11.5. The smallest absolute Gasteiger partial charge is 0.188 e. The molecule has 0 radical (unpaired) electrons. The van der Waals surface area contributed by atoms with Crippen molar-refractivity contribution >= 4 is 67.5 Å². The summed E-state index contributed by atoms with van der Waals surface area (Å²) >= 11 is 9.35. The normalized spacial score (nSPS) is 16.7. The molecule has 0 aromatic carbocycles. The van der Waals surface area contributed by atoms with E-state index in [4.69, 9.17) is 0 Å². The fourth-order valence-corrected chi connectivity index (χ4v) is 9.85. The Morgan fingerprint density at radius 2 is 1.27 bits per heavy atom. The maximum atomic E-state index is 11.5. The zero-order valence-corrected chi connectivity index (χ0v) is 14.6. The Bertz CT molecular complexity index is 391. The van der Waals surface area contributed by atoms with Crippen molar-refractivity contribution in [2.24, 2.45) is 0 Å². The highest BCUT2D eigenvalue weighted by molar-refractivity contribution is 9.26. The molecule has 4 nitrogen and oxygen atoms in total. The molecule has 0 saturated carbocycles. The number of hydrogen-bond acceptors (Lipinski definition) is 4. The summed E-state index contributed by atoms with van der Waals surface area (Å²) in [6, 6.07) is 0. The first-order chi connectivity index (χ1) is 6.31. The summed E-state index contributed by atoms with van der Waals surface area (Å²) < 4.78 is 43.1. The van der Waals surface area contributed by atoms with Gasteiger partial charge in [0.05, 0.1) is 0 Å². The maximum Gasteiger partial charge on any atom is 0.188 e. The van der Waals surface area contributed by atoms with Gasteiger partial charge in [-0.15, -0.1) is 0 Å². The second-order valence-electron chi connectivity index (χ2n) is 3.28. The molecule has 0 fully saturated rings. The van der Waals surface area contributed by atoms with Crippen LogP contribution in [0.5, 0.6) is 0 Å². The van der Waals surface area contributed by atoms with Gasteiger partial charge in [0.2, 0.25) is 0 Å². The predicted octanol–water partition coefficient (Wildman–Crippen LogP) is 1.67. The van der Waals surface area contributed by atoms with Crippen molar-refractivity contribution in [3.05, 3.63) is 0 Å². The van der Waals surface area contributed by atoms with Gasteiger partial charge in [-0.2, -0.15) is 0 Å². The summed E-state index contributed by atoms with van der Waals surface area (Å²) in [4.78, 5) is -0.389. The number of rotatable bonds is 4. The predicted molar refractivity (Wildman–Crippen MR) is 72.4 cm³/mol. The molecule has 0 amide bonds. The molecule has 0 bridgehead atoms. The summed E-state index contributed by atoms with van der Waals surface area (Å²) in [5.41, 5.74) is 0. The van der Waals surface area contributed by atoms with E-state index < -0.39 is 27.5 Å². The summed E-state index contributed by atoms with van der Waals surface area (Å²) in [5.74, 6) is 0. The van der Waals surface area contributed by atoms with Crippen LogP contribution in [0.2, 0.25) is 0 Å². The molecule has 1 atom stereocenters. The molecule has 15 heavy (non-hydrogen) atoms. The maximum absolute atomic E-state index is 11.5. The Balaban J connectivity index is 5.76. The zero-order valence-electron chi connectivity index (χ0n) is 8.24. The van der Waals surface area contributed by atoms with Gasteiger partial charge in [0.1, 0.15) is 3.23 Å². The molecular weight excluding hydrogens is 440 g/mol. The molecule has 0 aromatic heterocycles. The molecule has 0 spiro atoms. The second kappa shape index (κ2) is 4.91. The molecule has 1 unspecified atom stereocenters. The lowest BCUT2D eigenvalue weighted by Gasteiger charge is -2.30. The molecular formula is C6H11Br3O4S2. The van der Waals surface area contributed by atoms with E-state index in [9.17, 15) is 16.8 Å². The first-order valence-corrected chi connectivity index (χ1v) is 10.1. The van der Waals surface area contributed by atoms with Crippen LogP contribution in [0.3, 0.4) is 0 Å². The van der Waals surface area contributed by atoms with Crippen LogP contribution in [0.25, 0.3) is 0 Å². The number of halogens is 3. The average Bonchev–Trinajstić information content (AvgIpc) is 1.76. The largest absolute Gasteiger partial charge is 0.228 e. The van der Waals surface area contributed by atoms with Crippen LogP contribution in [0, 0.1) is 0 Å². The van der Waals surface area contributed by atoms with Gasteiger partial charge in [0, 0.05) is 17.3 Å². The van der Waals surface area contributed by atoms with Crippen molar-refractivity contribution in [1.82, 2.24) is 0 Å². The van der Waals surface area contributed by atoms with Crippen molar-refractivity contribution in [2.75, 3.05) is 12.5 Å². The van der Waals surface area contributed by atoms with Crippen LogP contribution in [-0.4, -0.2) is 42.0 Å². The summed E-state index contributed by atoms with van der Waals surface area (Å²) in [7, 11) is -7.47. The topological polar surface area (TPSA) is 68.3 Å². The zero-order chi connectivity index (χ0) is 12.7. The van der Waals surface area contributed by atoms with E-state index in [0.29, 0.717) is 0 Å². The van der Waals surface area contributed by atoms with Gasteiger partial charge in [-0.3, -0.25) is 0 Å². The molecule has 0 aromatic rings.